The van der Waals surface area contributed by atoms with Gasteiger partial charge in [0.25, 0.3) is 0 Å². The molecule has 2 saturated heterocycles. The SMILES string of the molecule is C=CNC(NC(/N=C(/CCC1OCCCO1)C(C=C)C(C)C)N1CCN(O)C1)SC/C=N/C1C=C(C)C=CC=P1. The van der Waals surface area contributed by atoms with Gasteiger partial charge >= 0.3 is 0 Å². The highest BCUT2D eigenvalue weighted by atomic mass is 32.2. The van der Waals surface area contributed by atoms with E-state index in [9.17, 15) is 5.21 Å². The fourth-order valence-electron chi connectivity index (χ4n) is 4.68. The Morgan fingerprint density at radius 3 is 2.77 bits per heavy atom. The fraction of sp³-hybridized carbons (Fsp3) is 0.621. The molecule has 0 bridgehead atoms. The average Bonchev–Trinajstić information content (AvgIpc) is 3.26. The summed E-state index contributed by atoms with van der Waals surface area (Å²) < 4.78 is 11.6. The lowest BCUT2D eigenvalue weighted by atomic mass is 9.88. The monoisotopic (exact) mass is 590 g/mol. The molecular weight excluding hydrogens is 543 g/mol. The lowest BCUT2D eigenvalue weighted by molar-refractivity contribution is -0.180. The van der Waals surface area contributed by atoms with Crippen LogP contribution in [0.25, 0.3) is 0 Å². The van der Waals surface area contributed by atoms with Crippen molar-refractivity contribution in [1.29, 1.82) is 0 Å². The number of thioether (sulfide) groups is 1. The number of hydroxylamine groups is 2. The van der Waals surface area contributed by atoms with E-state index in [0.717, 1.165) is 43.9 Å². The molecular formula is C29H47N6O3PS. The van der Waals surface area contributed by atoms with Crippen molar-refractivity contribution in [3.63, 3.8) is 0 Å². The number of rotatable bonds is 16. The van der Waals surface area contributed by atoms with Gasteiger partial charge in [0, 0.05) is 43.1 Å². The van der Waals surface area contributed by atoms with Crippen molar-refractivity contribution in [1.82, 2.24) is 20.6 Å². The Balaban J connectivity index is 1.74. The van der Waals surface area contributed by atoms with E-state index in [1.54, 1.807) is 18.0 Å². The molecule has 0 spiro atoms. The van der Waals surface area contributed by atoms with Gasteiger partial charge in [-0.2, -0.15) is 5.06 Å². The quantitative estimate of drug-likeness (QED) is 0.103. The molecule has 0 aliphatic carbocycles. The molecule has 9 nitrogen and oxygen atoms in total. The molecule has 11 heteroatoms. The second-order valence-electron chi connectivity index (χ2n) is 10.3. The molecule has 3 heterocycles. The van der Waals surface area contributed by atoms with E-state index in [-0.39, 0.29) is 29.8 Å². The highest BCUT2D eigenvalue weighted by Crippen LogP contribution is 2.22. The first kappa shape index (κ1) is 32.9. The van der Waals surface area contributed by atoms with Crippen LogP contribution in [0.15, 0.2) is 59.2 Å². The molecule has 4 atom stereocenters. The molecule has 0 saturated carbocycles. The highest BCUT2D eigenvalue weighted by Gasteiger charge is 2.29. The minimum absolute atomic E-state index is 0.118. The van der Waals surface area contributed by atoms with Crippen molar-refractivity contribution in [2.45, 2.75) is 63.9 Å². The third-order valence-corrected chi connectivity index (χ3v) is 8.65. The molecule has 0 aromatic heterocycles. The zero-order valence-electron chi connectivity index (χ0n) is 24.2. The summed E-state index contributed by atoms with van der Waals surface area (Å²) in [5, 5.41) is 18.5. The summed E-state index contributed by atoms with van der Waals surface area (Å²) >= 11 is 1.69. The van der Waals surface area contributed by atoms with Gasteiger partial charge in [-0.25, -0.2) is 0 Å². The zero-order valence-corrected chi connectivity index (χ0v) is 25.9. The van der Waals surface area contributed by atoms with Gasteiger partial charge in [-0.3, -0.25) is 20.2 Å². The highest BCUT2D eigenvalue weighted by molar-refractivity contribution is 8.00. The van der Waals surface area contributed by atoms with Crippen LogP contribution in [0, 0.1) is 11.8 Å². The summed E-state index contributed by atoms with van der Waals surface area (Å²) in [5.41, 5.74) is 2.12. The minimum atomic E-state index is -0.352. The van der Waals surface area contributed by atoms with Crippen LogP contribution in [-0.4, -0.2) is 95.5 Å². The fourth-order valence-corrected chi connectivity index (χ4v) is 6.31. The summed E-state index contributed by atoms with van der Waals surface area (Å²) in [6.07, 6.45) is 13.9. The molecule has 4 unspecified atom stereocenters. The lowest BCUT2D eigenvalue weighted by Crippen LogP contribution is -2.51. The van der Waals surface area contributed by atoms with E-state index in [4.69, 9.17) is 19.5 Å². The molecule has 0 radical (unpaired) electrons. The van der Waals surface area contributed by atoms with Crippen LogP contribution in [-0.2, 0) is 9.47 Å². The Labute approximate surface area is 246 Å². The van der Waals surface area contributed by atoms with E-state index in [1.807, 2.05) is 12.3 Å². The topological polar surface area (TPSA) is 94.0 Å². The third kappa shape index (κ3) is 11.3. The van der Waals surface area contributed by atoms with Crippen LogP contribution in [0.1, 0.15) is 40.0 Å². The summed E-state index contributed by atoms with van der Waals surface area (Å²) in [4.78, 5) is 12.2. The number of nitrogens with one attached hydrogen (secondary N) is 2. The van der Waals surface area contributed by atoms with Gasteiger partial charge in [0.05, 0.1) is 19.9 Å². The van der Waals surface area contributed by atoms with E-state index in [1.165, 1.54) is 18.8 Å². The summed E-state index contributed by atoms with van der Waals surface area (Å²) in [7, 11) is 1.17. The first-order valence-electron chi connectivity index (χ1n) is 14.1. The Morgan fingerprint density at radius 1 is 1.30 bits per heavy atom. The van der Waals surface area contributed by atoms with Crippen LogP contribution in [0.3, 0.4) is 0 Å². The molecule has 0 amide bonds. The minimum Gasteiger partial charge on any atom is -0.368 e. The molecule has 222 valence electrons. The van der Waals surface area contributed by atoms with E-state index < -0.39 is 0 Å². The second kappa shape index (κ2) is 18.0. The summed E-state index contributed by atoms with van der Waals surface area (Å²) in [6, 6.07) is 0. The van der Waals surface area contributed by atoms with E-state index in [0.29, 0.717) is 25.7 Å². The Kier molecular flexibility index (Phi) is 14.8. The number of nitrogens with zero attached hydrogens (tertiary/aromatic N) is 4. The first-order valence-corrected chi connectivity index (χ1v) is 16.2. The maximum atomic E-state index is 10.2. The normalized spacial score (nSPS) is 24.2. The number of hydrogen-bond donors (Lipinski definition) is 3. The van der Waals surface area contributed by atoms with Crippen molar-refractivity contribution in [2.75, 3.05) is 38.7 Å². The molecule has 3 aliphatic rings. The van der Waals surface area contributed by atoms with Crippen LogP contribution >= 0.6 is 20.0 Å². The largest absolute Gasteiger partial charge is 0.368 e. The third-order valence-electron chi connectivity index (χ3n) is 6.77. The smallest absolute Gasteiger partial charge is 0.159 e. The first-order chi connectivity index (χ1) is 19.4. The van der Waals surface area contributed by atoms with Gasteiger partial charge in [-0.05, 0) is 43.8 Å². The number of aliphatic imine (C=N–C) groups is 2. The van der Waals surface area contributed by atoms with Crippen molar-refractivity contribution in [3.8, 4) is 0 Å². The van der Waals surface area contributed by atoms with Gasteiger partial charge in [-0.15, -0.1) is 18.3 Å². The Hall–Kier alpha value is -1.62. The molecule has 3 N–H and O–H groups in total. The number of ether oxygens (including phenoxy) is 2. The zero-order chi connectivity index (χ0) is 28.7. The maximum absolute atomic E-state index is 10.2. The average molecular weight is 591 g/mol. The van der Waals surface area contributed by atoms with Crippen LogP contribution in [0.2, 0.25) is 0 Å². The number of hydrogen-bond acceptors (Lipinski definition) is 10. The van der Waals surface area contributed by atoms with E-state index in [2.05, 4.69) is 73.5 Å². The predicted octanol–water partition coefficient (Wildman–Crippen LogP) is 4.68. The van der Waals surface area contributed by atoms with Crippen molar-refractivity contribution < 1.29 is 14.7 Å². The molecule has 0 aromatic carbocycles. The number of allylic oxidation sites excluding steroid dienone is 4. The molecule has 0 aromatic rings. The maximum Gasteiger partial charge on any atom is 0.159 e. The second-order valence-corrected chi connectivity index (χ2v) is 12.6. The predicted molar refractivity (Wildman–Crippen MR) is 170 cm³/mol. The van der Waals surface area contributed by atoms with Crippen LogP contribution < -0.4 is 10.6 Å². The van der Waals surface area contributed by atoms with Crippen LogP contribution in [0.4, 0.5) is 0 Å². The van der Waals surface area contributed by atoms with Gasteiger partial charge in [0.2, 0.25) is 0 Å². The van der Waals surface area contributed by atoms with Gasteiger partial charge < -0.3 is 20.0 Å². The van der Waals surface area contributed by atoms with Crippen LogP contribution in [0.5, 0.6) is 0 Å². The molecule has 3 aliphatic heterocycles. The van der Waals surface area contributed by atoms with Crippen molar-refractivity contribution in [2.24, 2.45) is 21.8 Å². The van der Waals surface area contributed by atoms with Crippen molar-refractivity contribution in [3.05, 3.63) is 49.2 Å². The molecule has 40 heavy (non-hydrogen) atoms. The van der Waals surface area contributed by atoms with E-state index >= 15 is 0 Å². The van der Waals surface area contributed by atoms with Gasteiger partial charge in [0.1, 0.15) is 11.3 Å². The summed E-state index contributed by atoms with van der Waals surface area (Å²) in [6.45, 7) is 17.6. The van der Waals surface area contributed by atoms with Gasteiger partial charge in [-0.1, -0.05) is 52.4 Å². The van der Waals surface area contributed by atoms with Crippen molar-refractivity contribution >= 4 is 37.7 Å². The van der Waals surface area contributed by atoms with Gasteiger partial charge in [0.15, 0.2) is 12.6 Å². The standard InChI is InChI=1S/C29H47N6O3PS/c1-6-24(22(3)4)25(11-12-27-37-16-9-17-38-27)32-28(34-14-15-35(36)21-34)33-29(30-7-2)40-19-13-31-26-20-23(5)10-8-18-39-26/h6-8,10,13,18,20,22,24,26-30,33,36H,1-2,9,11-12,14-17,19,21H2,3-5H3/b31-13+,32-25-. The lowest BCUT2D eigenvalue weighted by Gasteiger charge is -2.32. The molecule has 3 rings (SSSR count). The molecule has 2 fully saturated rings. The summed E-state index contributed by atoms with van der Waals surface area (Å²) in [5.74, 6) is 3.45. The Morgan fingerprint density at radius 2 is 2.10 bits per heavy atom. The Bertz CT molecular complexity index is 950.